The van der Waals surface area contributed by atoms with Crippen molar-refractivity contribution < 1.29 is 18.1 Å². The molecule has 0 aliphatic carbocycles. The Morgan fingerprint density at radius 1 is 1.32 bits per heavy atom. The molecule has 0 unspecified atom stereocenters. The van der Waals surface area contributed by atoms with Gasteiger partial charge in [-0.1, -0.05) is 29.4 Å². The van der Waals surface area contributed by atoms with Crippen LogP contribution in [-0.2, 0) is 17.3 Å². The molecule has 1 amide bonds. The second-order valence-corrected chi connectivity index (χ2v) is 5.43. The number of amides is 1. The molecule has 0 spiro atoms. The first kappa shape index (κ1) is 14.6. The number of hydrogen-bond acceptors (Lipinski definition) is 4. The largest absolute Gasteiger partial charge is 0.338 e. The van der Waals surface area contributed by atoms with Gasteiger partial charge in [-0.2, -0.15) is 13.8 Å². The van der Waals surface area contributed by atoms with Crippen molar-refractivity contribution in [3.63, 3.8) is 0 Å². The maximum absolute atomic E-state index is 13.1. The fourth-order valence-corrected chi connectivity index (χ4v) is 2.37. The Morgan fingerprint density at radius 2 is 2.05 bits per heavy atom. The van der Waals surface area contributed by atoms with Gasteiger partial charge in [-0.05, 0) is 12.0 Å². The summed E-state index contributed by atoms with van der Waals surface area (Å²) < 4.78 is 30.7. The molecule has 0 bridgehead atoms. The first-order chi connectivity index (χ1) is 10.4. The van der Waals surface area contributed by atoms with E-state index in [1.807, 2.05) is 12.1 Å². The summed E-state index contributed by atoms with van der Waals surface area (Å²) in [6.45, 7) is 2.05. The van der Waals surface area contributed by atoms with Gasteiger partial charge in [0, 0.05) is 32.0 Å². The summed E-state index contributed by atoms with van der Waals surface area (Å²) in [5.41, 5.74) is 1.57. The lowest BCUT2D eigenvalue weighted by Crippen LogP contribution is -2.23. The Bertz CT molecular complexity index is 677. The van der Waals surface area contributed by atoms with Crippen molar-refractivity contribution >= 4 is 5.91 Å². The number of halogens is 2. The molecule has 0 radical (unpaired) electrons. The van der Waals surface area contributed by atoms with E-state index in [9.17, 15) is 13.6 Å². The van der Waals surface area contributed by atoms with Gasteiger partial charge in [0.2, 0.25) is 11.7 Å². The minimum Gasteiger partial charge on any atom is -0.338 e. The van der Waals surface area contributed by atoms with Crippen molar-refractivity contribution in [3.05, 3.63) is 35.7 Å². The number of hydrogen-bond donors (Lipinski definition) is 0. The molecule has 22 heavy (non-hydrogen) atoms. The maximum atomic E-state index is 13.1. The Morgan fingerprint density at radius 3 is 2.59 bits per heavy atom. The van der Waals surface area contributed by atoms with Crippen molar-refractivity contribution in [1.82, 2.24) is 15.0 Å². The number of aromatic nitrogens is 2. The SMILES string of the molecule is CC(F)(F)c1nc(-c2ccc(CN3CCCC3=O)cc2)no1. The summed E-state index contributed by atoms with van der Waals surface area (Å²) in [5.74, 6) is -3.56. The zero-order chi connectivity index (χ0) is 15.7. The number of carbonyl (C=O) groups excluding carboxylic acids is 1. The molecule has 1 aromatic heterocycles. The third-order valence-electron chi connectivity index (χ3n) is 3.56. The normalized spacial score (nSPS) is 15.6. The number of likely N-dealkylation sites (tertiary alicyclic amines) is 1. The fraction of sp³-hybridized carbons (Fsp3) is 0.400. The Hall–Kier alpha value is -2.31. The highest BCUT2D eigenvalue weighted by atomic mass is 19.3. The van der Waals surface area contributed by atoms with Gasteiger partial charge in [0.05, 0.1) is 0 Å². The summed E-state index contributed by atoms with van der Waals surface area (Å²) in [6.07, 6.45) is 1.50. The lowest BCUT2D eigenvalue weighted by atomic mass is 10.1. The van der Waals surface area contributed by atoms with Crippen LogP contribution in [-0.4, -0.2) is 27.5 Å². The molecule has 116 valence electrons. The molecule has 1 fully saturated rings. The lowest BCUT2D eigenvalue weighted by molar-refractivity contribution is -0.128. The molecule has 0 N–H and O–H groups in total. The molecular formula is C15H15F2N3O2. The highest BCUT2D eigenvalue weighted by Crippen LogP contribution is 2.27. The molecular weight excluding hydrogens is 292 g/mol. The zero-order valence-electron chi connectivity index (χ0n) is 12.1. The zero-order valence-corrected chi connectivity index (χ0v) is 12.1. The monoisotopic (exact) mass is 307 g/mol. The van der Waals surface area contributed by atoms with Gasteiger partial charge in [0.15, 0.2) is 0 Å². The summed E-state index contributed by atoms with van der Waals surface area (Å²) in [7, 11) is 0. The maximum Gasteiger partial charge on any atom is 0.322 e. The van der Waals surface area contributed by atoms with Gasteiger partial charge in [0.1, 0.15) is 0 Å². The van der Waals surface area contributed by atoms with Crippen LogP contribution >= 0.6 is 0 Å². The third-order valence-corrected chi connectivity index (χ3v) is 3.56. The second kappa shape index (κ2) is 5.47. The molecule has 7 heteroatoms. The highest BCUT2D eigenvalue weighted by Gasteiger charge is 2.32. The lowest BCUT2D eigenvalue weighted by Gasteiger charge is -2.15. The van der Waals surface area contributed by atoms with E-state index >= 15 is 0 Å². The predicted molar refractivity (Wildman–Crippen MR) is 74.0 cm³/mol. The van der Waals surface area contributed by atoms with Crippen LogP contribution in [0.15, 0.2) is 28.8 Å². The van der Waals surface area contributed by atoms with E-state index < -0.39 is 11.8 Å². The van der Waals surface area contributed by atoms with Crippen LogP contribution in [0.2, 0.25) is 0 Å². The minimum atomic E-state index is -3.15. The number of benzene rings is 1. The van der Waals surface area contributed by atoms with Gasteiger partial charge in [0.25, 0.3) is 5.89 Å². The van der Waals surface area contributed by atoms with E-state index in [1.54, 1.807) is 17.0 Å². The van der Waals surface area contributed by atoms with E-state index in [4.69, 9.17) is 0 Å². The van der Waals surface area contributed by atoms with Crippen LogP contribution < -0.4 is 0 Å². The molecule has 2 heterocycles. The average molecular weight is 307 g/mol. The fourth-order valence-electron chi connectivity index (χ4n) is 2.37. The van der Waals surface area contributed by atoms with E-state index in [0.29, 0.717) is 25.5 Å². The van der Waals surface area contributed by atoms with Crippen LogP contribution in [0.4, 0.5) is 8.78 Å². The molecule has 3 rings (SSSR count). The van der Waals surface area contributed by atoms with E-state index in [2.05, 4.69) is 14.7 Å². The van der Waals surface area contributed by atoms with Crippen molar-refractivity contribution in [2.45, 2.75) is 32.2 Å². The smallest absolute Gasteiger partial charge is 0.322 e. The predicted octanol–water partition coefficient (Wildman–Crippen LogP) is 2.97. The van der Waals surface area contributed by atoms with Gasteiger partial charge < -0.3 is 9.42 Å². The van der Waals surface area contributed by atoms with Gasteiger partial charge >= 0.3 is 5.92 Å². The molecule has 1 aliphatic heterocycles. The second-order valence-electron chi connectivity index (χ2n) is 5.43. The third kappa shape index (κ3) is 2.98. The topological polar surface area (TPSA) is 59.2 Å². The van der Waals surface area contributed by atoms with Crippen LogP contribution in [0.5, 0.6) is 0 Å². The quantitative estimate of drug-likeness (QED) is 0.871. The van der Waals surface area contributed by atoms with Crippen molar-refractivity contribution in [2.24, 2.45) is 0 Å². The number of nitrogens with zero attached hydrogens (tertiary/aromatic N) is 3. The number of carbonyl (C=O) groups is 1. The molecule has 1 saturated heterocycles. The summed E-state index contributed by atoms with van der Waals surface area (Å²) in [4.78, 5) is 17.1. The molecule has 1 aromatic carbocycles. The Labute approximate surface area is 125 Å². The number of alkyl halides is 2. The van der Waals surface area contributed by atoms with Gasteiger partial charge in [-0.3, -0.25) is 4.79 Å². The van der Waals surface area contributed by atoms with Crippen molar-refractivity contribution in [2.75, 3.05) is 6.54 Å². The Kier molecular flexibility index (Phi) is 3.64. The van der Waals surface area contributed by atoms with Crippen LogP contribution in [0.25, 0.3) is 11.4 Å². The Balaban J connectivity index is 1.74. The standard InChI is InChI=1S/C15H15F2N3O2/c1-15(16,17)14-18-13(19-22-14)11-6-4-10(5-7-11)9-20-8-2-3-12(20)21/h4-7H,2-3,8-9H2,1H3. The van der Waals surface area contributed by atoms with Crippen molar-refractivity contribution in [1.29, 1.82) is 0 Å². The minimum absolute atomic E-state index is 0.125. The van der Waals surface area contributed by atoms with Crippen LogP contribution in [0, 0.1) is 0 Å². The van der Waals surface area contributed by atoms with Crippen LogP contribution in [0.1, 0.15) is 31.2 Å². The summed E-state index contributed by atoms with van der Waals surface area (Å²) in [5, 5.41) is 3.57. The van der Waals surface area contributed by atoms with E-state index in [1.165, 1.54) is 0 Å². The number of rotatable bonds is 4. The molecule has 5 nitrogen and oxygen atoms in total. The van der Waals surface area contributed by atoms with E-state index in [0.717, 1.165) is 18.5 Å². The molecule has 2 aromatic rings. The molecule has 1 aliphatic rings. The van der Waals surface area contributed by atoms with E-state index in [-0.39, 0.29) is 11.7 Å². The van der Waals surface area contributed by atoms with Gasteiger partial charge in [-0.25, -0.2) is 0 Å². The first-order valence-corrected chi connectivity index (χ1v) is 7.02. The van der Waals surface area contributed by atoms with Crippen molar-refractivity contribution in [3.8, 4) is 11.4 Å². The average Bonchev–Trinajstić information content (AvgIpc) is 3.09. The molecule has 0 saturated carbocycles. The summed E-state index contributed by atoms with van der Waals surface area (Å²) >= 11 is 0. The summed E-state index contributed by atoms with van der Waals surface area (Å²) in [6, 6.07) is 7.14. The highest BCUT2D eigenvalue weighted by molar-refractivity contribution is 5.78. The van der Waals surface area contributed by atoms with Gasteiger partial charge in [-0.15, -0.1) is 0 Å². The molecule has 0 atom stereocenters. The van der Waals surface area contributed by atoms with Crippen LogP contribution in [0.3, 0.4) is 0 Å². The first-order valence-electron chi connectivity index (χ1n) is 7.02.